The Morgan fingerprint density at radius 1 is 1.14 bits per heavy atom. The number of nitrogens with one attached hydrogen (secondary N) is 2. The number of fused-ring (bicyclic) bond motifs is 1. The molecule has 29 heavy (non-hydrogen) atoms. The molecule has 1 aliphatic rings. The van der Waals surface area contributed by atoms with Crippen molar-refractivity contribution in [1.82, 2.24) is 9.97 Å². The first-order valence-electron chi connectivity index (χ1n) is 9.04. The lowest BCUT2D eigenvalue weighted by atomic mass is 10.2. The first-order valence-corrected chi connectivity index (χ1v) is 9.04. The maximum atomic E-state index is 12.6. The Labute approximate surface area is 167 Å². The number of hydrogen-bond donors (Lipinski definition) is 2. The third-order valence-corrected chi connectivity index (χ3v) is 4.38. The van der Waals surface area contributed by atoms with Gasteiger partial charge in [-0.1, -0.05) is 12.1 Å². The number of nitrogens with zero attached hydrogens (tertiary/aromatic N) is 2. The van der Waals surface area contributed by atoms with E-state index in [1.165, 1.54) is 6.20 Å². The van der Waals surface area contributed by atoms with Crippen LogP contribution in [0, 0.1) is 6.92 Å². The van der Waals surface area contributed by atoms with Gasteiger partial charge in [-0.3, -0.25) is 4.79 Å². The molecule has 148 valence electrons. The molecule has 1 aliphatic heterocycles. The van der Waals surface area contributed by atoms with Gasteiger partial charge in [-0.25, -0.2) is 9.97 Å². The Morgan fingerprint density at radius 3 is 2.86 bits per heavy atom. The van der Waals surface area contributed by atoms with Gasteiger partial charge in [0.2, 0.25) is 12.7 Å². The summed E-state index contributed by atoms with van der Waals surface area (Å²) in [6.07, 6.45) is 1.54. The molecule has 0 saturated carbocycles. The first kappa shape index (κ1) is 18.5. The highest BCUT2D eigenvalue weighted by molar-refractivity contribution is 6.03. The Bertz CT molecular complexity index is 1050. The molecule has 4 rings (SSSR count). The van der Waals surface area contributed by atoms with Crippen molar-refractivity contribution in [2.24, 2.45) is 0 Å². The van der Waals surface area contributed by atoms with Crippen LogP contribution < -0.4 is 24.8 Å². The number of aryl methyl sites for hydroxylation is 1. The zero-order valence-electron chi connectivity index (χ0n) is 16.1. The molecular weight excluding hydrogens is 372 g/mol. The predicted octanol–water partition coefficient (Wildman–Crippen LogP) is 3.39. The van der Waals surface area contributed by atoms with Crippen LogP contribution in [0.1, 0.15) is 21.6 Å². The summed E-state index contributed by atoms with van der Waals surface area (Å²) < 4.78 is 16.0. The summed E-state index contributed by atoms with van der Waals surface area (Å²) in [7, 11) is 1.56. The standard InChI is InChI=1S/C21H20N4O4/c1-13-3-5-17(27-2)16(9-13)24-20(26)15-7-8-22-21(25-15)23-11-14-4-6-18-19(10-14)29-12-28-18/h3-10H,11-12H2,1-2H3,(H,24,26)(H,22,23,25). The molecule has 8 heteroatoms. The summed E-state index contributed by atoms with van der Waals surface area (Å²) in [5.74, 6) is 2.04. The highest BCUT2D eigenvalue weighted by atomic mass is 16.7. The molecule has 1 aromatic heterocycles. The van der Waals surface area contributed by atoms with E-state index in [4.69, 9.17) is 14.2 Å². The minimum Gasteiger partial charge on any atom is -0.495 e. The summed E-state index contributed by atoms with van der Waals surface area (Å²) in [4.78, 5) is 21.1. The Morgan fingerprint density at radius 2 is 2.00 bits per heavy atom. The molecule has 2 N–H and O–H groups in total. The van der Waals surface area contributed by atoms with Crippen LogP contribution in [0.15, 0.2) is 48.7 Å². The summed E-state index contributed by atoms with van der Waals surface area (Å²) in [5, 5.41) is 5.96. The van der Waals surface area contributed by atoms with Gasteiger partial charge < -0.3 is 24.8 Å². The van der Waals surface area contributed by atoms with Crippen molar-refractivity contribution in [2.45, 2.75) is 13.5 Å². The van der Waals surface area contributed by atoms with Crippen molar-refractivity contribution in [3.8, 4) is 17.2 Å². The average Bonchev–Trinajstić information content (AvgIpc) is 3.20. The molecule has 0 unspecified atom stereocenters. The topological polar surface area (TPSA) is 94.6 Å². The minimum absolute atomic E-state index is 0.234. The zero-order valence-corrected chi connectivity index (χ0v) is 16.1. The van der Waals surface area contributed by atoms with E-state index in [-0.39, 0.29) is 18.4 Å². The lowest BCUT2D eigenvalue weighted by molar-refractivity contribution is 0.102. The molecule has 0 saturated heterocycles. The van der Waals surface area contributed by atoms with Crippen LogP contribution in [0.3, 0.4) is 0 Å². The summed E-state index contributed by atoms with van der Waals surface area (Å²) in [6.45, 7) is 2.66. The molecule has 0 aliphatic carbocycles. The van der Waals surface area contributed by atoms with Gasteiger partial charge in [-0.2, -0.15) is 0 Å². The fourth-order valence-electron chi connectivity index (χ4n) is 2.91. The molecule has 2 aromatic carbocycles. The number of carbonyl (C=O) groups excluding carboxylic acids is 1. The number of aromatic nitrogens is 2. The second-order valence-corrected chi connectivity index (χ2v) is 6.46. The van der Waals surface area contributed by atoms with Crippen LogP contribution in [-0.4, -0.2) is 29.8 Å². The summed E-state index contributed by atoms with van der Waals surface area (Å²) in [5.41, 5.74) is 2.83. The molecule has 0 fully saturated rings. The van der Waals surface area contributed by atoms with E-state index in [1.54, 1.807) is 13.2 Å². The molecule has 1 amide bonds. The lowest BCUT2D eigenvalue weighted by Crippen LogP contribution is -2.16. The number of benzene rings is 2. The van der Waals surface area contributed by atoms with Crippen molar-refractivity contribution in [1.29, 1.82) is 0 Å². The van der Waals surface area contributed by atoms with Gasteiger partial charge in [0.1, 0.15) is 11.4 Å². The predicted molar refractivity (Wildman–Crippen MR) is 108 cm³/mol. The van der Waals surface area contributed by atoms with Crippen molar-refractivity contribution < 1.29 is 19.0 Å². The number of hydrogen-bond acceptors (Lipinski definition) is 7. The van der Waals surface area contributed by atoms with E-state index in [2.05, 4.69) is 20.6 Å². The first-order chi connectivity index (χ1) is 14.1. The number of rotatable bonds is 6. The van der Waals surface area contributed by atoms with E-state index in [0.29, 0.717) is 29.7 Å². The highest BCUT2D eigenvalue weighted by Gasteiger charge is 2.14. The number of anilines is 2. The van der Waals surface area contributed by atoms with Crippen molar-refractivity contribution in [3.63, 3.8) is 0 Å². The highest BCUT2D eigenvalue weighted by Crippen LogP contribution is 2.32. The second-order valence-electron chi connectivity index (χ2n) is 6.46. The number of methoxy groups -OCH3 is 1. The number of ether oxygens (including phenoxy) is 3. The second kappa shape index (κ2) is 8.05. The fraction of sp³-hybridized carbons (Fsp3) is 0.190. The van der Waals surface area contributed by atoms with Gasteiger partial charge in [0, 0.05) is 12.7 Å². The molecular formula is C21H20N4O4. The van der Waals surface area contributed by atoms with Crippen molar-refractivity contribution in [3.05, 3.63) is 65.5 Å². The monoisotopic (exact) mass is 392 g/mol. The van der Waals surface area contributed by atoms with E-state index >= 15 is 0 Å². The fourth-order valence-corrected chi connectivity index (χ4v) is 2.91. The Balaban J connectivity index is 1.44. The Kier molecular flexibility index (Phi) is 5.15. The molecule has 3 aromatic rings. The van der Waals surface area contributed by atoms with Gasteiger partial charge in [0.05, 0.1) is 12.8 Å². The van der Waals surface area contributed by atoms with Gasteiger partial charge in [-0.05, 0) is 48.4 Å². The maximum absolute atomic E-state index is 12.6. The van der Waals surface area contributed by atoms with E-state index in [1.807, 2.05) is 43.3 Å². The summed E-state index contributed by atoms with van der Waals surface area (Å²) in [6, 6.07) is 12.8. The Hall–Kier alpha value is -3.81. The van der Waals surface area contributed by atoms with E-state index < -0.39 is 0 Å². The molecule has 8 nitrogen and oxygen atoms in total. The normalized spacial score (nSPS) is 11.8. The molecule has 0 atom stereocenters. The molecule has 0 spiro atoms. The largest absolute Gasteiger partial charge is 0.495 e. The maximum Gasteiger partial charge on any atom is 0.274 e. The minimum atomic E-state index is -0.345. The average molecular weight is 392 g/mol. The van der Waals surface area contributed by atoms with Crippen LogP contribution in [0.2, 0.25) is 0 Å². The van der Waals surface area contributed by atoms with E-state index in [9.17, 15) is 4.79 Å². The van der Waals surface area contributed by atoms with E-state index in [0.717, 1.165) is 16.9 Å². The van der Waals surface area contributed by atoms with Crippen molar-refractivity contribution >= 4 is 17.5 Å². The van der Waals surface area contributed by atoms with Crippen LogP contribution in [-0.2, 0) is 6.54 Å². The van der Waals surface area contributed by atoms with Crippen LogP contribution in [0.25, 0.3) is 0 Å². The van der Waals surface area contributed by atoms with Crippen LogP contribution in [0.4, 0.5) is 11.6 Å². The van der Waals surface area contributed by atoms with Gasteiger partial charge in [-0.15, -0.1) is 0 Å². The molecule has 0 bridgehead atoms. The lowest BCUT2D eigenvalue weighted by Gasteiger charge is -2.11. The SMILES string of the molecule is COc1ccc(C)cc1NC(=O)c1ccnc(NCc2ccc3c(c2)OCO3)n1. The van der Waals surface area contributed by atoms with Crippen LogP contribution in [0.5, 0.6) is 17.2 Å². The summed E-state index contributed by atoms with van der Waals surface area (Å²) >= 11 is 0. The number of carbonyl (C=O) groups is 1. The third-order valence-electron chi connectivity index (χ3n) is 4.38. The van der Waals surface area contributed by atoms with Gasteiger partial charge in [0.15, 0.2) is 11.5 Å². The van der Waals surface area contributed by atoms with Crippen molar-refractivity contribution in [2.75, 3.05) is 24.5 Å². The molecule has 2 heterocycles. The smallest absolute Gasteiger partial charge is 0.274 e. The van der Waals surface area contributed by atoms with Gasteiger partial charge in [0.25, 0.3) is 5.91 Å². The van der Waals surface area contributed by atoms with Crippen LogP contribution >= 0.6 is 0 Å². The number of amides is 1. The van der Waals surface area contributed by atoms with Gasteiger partial charge >= 0.3 is 0 Å². The molecule has 0 radical (unpaired) electrons. The third kappa shape index (κ3) is 4.21. The quantitative estimate of drug-likeness (QED) is 0.664. The zero-order chi connectivity index (χ0) is 20.2.